The van der Waals surface area contributed by atoms with Gasteiger partial charge >= 0.3 is 5.97 Å². The molecule has 8 heteroatoms. The van der Waals surface area contributed by atoms with E-state index < -0.39 is 12.0 Å². The van der Waals surface area contributed by atoms with Crippen molar-refractivity contribution in [1.29, 1.82) is 5.41 Å². The Kier molecular flexibility index (Phi) is 7.26. The Balaban J connectivity index is 1.28. The Morgan fingerprint density at radius 1 is 1.16 bits per heavy atom. The van der Waals surface area contributed by atoms with Crippen LogP contribution in [0.3, 0.4) is 0 Å². The number of fused-ring (bicyclic) bond motifs is 2. The molecule has 3 heterocycles. The number of hydrogen-bond donors (Lipinski definition) is 4. The van der Waals surface area contributed by atoms with Crippen LogP contribution in [-0.4, -0.2) is 40.4 Å². The molecular formula is C29H29N5O3. The summed E-state index contributed by atoms with van der Waals surface area (Å²) in [4.78, 5) is 20.5. The van der Waals surface area contributed by atoms with Crippen LogP contribution in [0, 0.1) is 5.41 Å². The van der Waals surface area contributed by atoms with Crippen LogP contribution in [0.15, 0.2) is 67.0 Å². The predicted octanol–water partition coefficient (Wildman–Crippen LogP) is 5.23. The van der Waals surface area contributed by atoms with E-state index in [0.29, 0.717) is 30.0 Å². The first-order valence-electron chi connectivity index (χ1n) is 12.4. The molecule has 1 atom stereocenters. The summed E-state index contributed by atoms with van der Waals surface area (Å²) >= 11 is 0. The van der Waals surface area contributed by atoms with E-state index >= 15 is 0 Å². The quantitative estimate of drug-likeness (QED) is 0.222. The minimum absolute atomic E-state index is 0.102. The van der Waals surface area contributed by atoms with Gasteiger partial charge in [-0.25, -0.2) is 4.98 Å². The molecule has 4 aromatic rings. The molecule has 0 saturated heterocycles. The van der Waals surface area contributed by atoms with Crippen LogP contribution in [0.5, 0.6) is 5.75 Å². The number of nitrogens with one attached hydrogen (secondary N) is 3. The van der Waals surface area contributed by atoms with Gasteiger partial charge in [0.2, 0.25) is 0 Å². The molecule has 188 valence electrons. The van der Waals surface area contributed by atoms with Gasteiger partial charge in [0.15, 0.2) is 0 Å². The van der Waals surface area contributed by atoms with Crippen molar-refractivity contribution < 1.29 is 14.6 Å². The van der Waals surface area contributed by atoms with Crippen molar-refractivity contribution in [2.24, 2.45) is 0 Å². The van der Waals surface area contributed by atoms with Crippen molar-refractivity contribution in [3.8, 4) is 5.75 Å². The van der Waals surface area contributed by atoms with Crippen molar-refractivity contribution in [3.05, 3.63) is 89.4 Å². The van der Waals surface area contributed by atoms with Crippen molar-refractivity contribution in [3.63, 3.8) is 0 Å². The number of aryl methyl sites for hydroxylation is 1. The summed E-state index contributed by atoms with van der Waals surface area (Å²) in [5.41, 5.74) is 4.38. The number of nitrogens with zero attached hydrogens (tertiary/aromatic N) is 2. The number of anilines is 2. The van der Waals surface area contributed by atoms with Gasteiger partial charge in [-0.1, -0.05) is 18.2 Å². The molecule has 8 nitrogen and oxygen atoms in total. The van der Waals surface area contributed by atoms with E-state index in [4.69, 9.17) is 15.1 Å². The third-order valence-corrected chi connectivity index (χ3v) is 6.53. The van der Waals surface area contributed by atoms with Crippen LogP contribution in [0.1, 0.15) is 41.3 Å². The highest BCUT2D eigenvalue weighted by molar-refractivity contribution is 5.87. The Morgan fingerprint density at radius 3 is 2.95 bits per heavy atom. The lowest BCUT2D eigenvalue weighted by molar-refractivity contribution is -0.137. The molecule has 5 rings (SSSR count). The number of aromatic nitrogens is 2. The summed E-state index contributed by atoms with van der Waals surface area (Å²) < 4.78 is 5.96. The zero-order valence-corrected chi connectivity index (χ0v) is 20.4. The van der Waals surface area contributed by atoms with Crippen LogP contribution < -0.4 is 15.4 Å². The molecule has 0 spiro atoms. The number of rotatable bonds is 10. The fourth-order valence-electron chi connectivity index (χ4n) is 4.60. The van der Waals surface area contributed by atoms with Gasteiger partial charge in [0.25, 0.3) is 0 Å². The summed E-state index contributed by atoms with van der Waals surface area (Å²) in [6.07, 6.45) is 7.51. The highest BCUT2D eigenvalue weighted by Crippen LogP contribution is 2.29. The highest BCUT2D eigenvalue weighted by atomic mass is 16.5. The summed E-state index contributed by atoms with van der Waals surface area (Å²) in [6.45, 7) is 1.42. The molecule has 1 unspecified atom stereocenters. The van der Waals surface area contributed by atoms with Crippen molar-refractivity contribution in [2.45, 2.75) is 31.7 Å². The third-order valence-electron chi connectivity index (χ3n) is 6.53. The molecule has 4 N–H and O–H groups in total. The summed E-state index contributed by atoms with van der Waals surface area (Å²) in [7, 11) is 0. The molecule has 0 saturated carbocycles. The van der Waals surface area contributed by atoms with E-state index in [0.717, 1.165) is 47.2 Å². The summed E-state index contributed by atoms with van der Waals surface area (Å²) in [6, 6.07) is 16.9. The molecular weight excluding hydrogens is 466 g/mol. The highest BCUT2D eigenvalue weighted by Gasteiger charge is 2.18. The SMILES string of the molecule is N=Cc1cc(OCCc2ccc3c(n2)NCCC3)ccc1NC(CC(=O)O)c1ccc2cnccc2c1. The monoisotopic (exact) mass is 495 g/mol. The average molecular weight is 496 g/mol. The van der Waals surface area contributed by atoms with E-state index in [2.05, 4.69) is 27.8 Å². The summed E-state index contributed by atoms with van der Waals surface area (Å²) in [5.74, 6) is 0.715. The average Bonchev–Trinajstić information content (AvgIpc) is 2.92. The second-order valence-corrected chi connectivity index (χ2v) is 9.11. The molecule has 0 amide bonds. The number of ether oxygens (including phenoxy) is 1. The molecule has 0 fully saturated rings. The van der Waals surface area contributed by atoms with Crippen LogP contribution in [0.2, 0.25) is 0 Å². The van der Waals surface area contributed by atoms with Crippen LogP contribution in [0.25, 0.3) is 10.8 Å². The van der Waals surface area contributed by atoms with Gasteiger partial charge in [-0.3, -0.25) is 9.78 Å². The van der Waals surface area contributed by atoms with Crippen LogP contribution in [0.4, 0.5) is 11.5 Å². The molecule has 0 bridgehead atoms. The van der Waals surface area contributed by atoms with Gasteiger partial charge in [0.1, 0.15) is 11.6 Å². The first-order valence-corrected chi connectivity index (χ1v) is 12.4. The number of carbonyl (C=O) groups is 1. The second-order valence-electron chi connectivity index (χ2n) is 9.11. The Labute approximate surface area is 215 Å². The lowest BCUT2D eigenvalue weighted by atomic mass is 9.99. The van der Waals surface area contributed by atoms with Gasteiger partial charge in [-0.2, -0.15) is 0 Å². The van der Waals surface area contributed by atoms with Crippen LogP contribution in [-0.2, 0) is 17.6 Å². The molecule has 1 aliphatic rings. The van der Waals surface area contributed by atoms with Gasteiger partial charge in [0, 0.05) is 53.9 Å². The zero-order chi connectivity index (χ0) is 25.6. The molecule has 37 heavy (non-hydrogen) atoms. The number of hydrogen-bond acceptors (Lipinski definition) is 7. The topological polar surface area (TPSA) is 120 Å². The Bertz CT molecular complexity index is 1440. The maximum Gasteiger partial charge on any atom is 0.305 e. The number of carboxylic acid groups (broad SMARTS) is 1. The lowest BCUT2D eigenvalue weighted by Crippen LogP contribution is -2.16. The smallest absolute Gasteiger partial charge is 0.305 e. The van der Waals surface area contributed by atoms with Crippen molar-refractivity contribution in [2.75, 3.05) is 23.8 Å². The maximum absolute atomic E-state index is 11.6. The Morgan fingerprint density at radius 2 is 2.08 bits per heavy atom. The third kappa shape index (κ3) is 5.86. The van der Waals surface area contributed by atoms with Gasteiger partial charge in [-0.05, 0) is 65.8 Å². The number of carboxylic acids is 1. The van der Waals surface area contributed by atoms with Crippen molar-refractivity contribution in [1.82, 2.24) is 9.97 Å². The first kappa shape index (κ1) is 24.2. The van der Waals surface area contributed by atoms with Crippen molar-refractivity contribution >= 4 is 34.5 Å². The van der Waals surface area contributed by atoms with Crippen LogP contribution >= 0.6 is 0 Å². The fraction of sp³-hybridized carbons (Fsp3) is 0.241. The second kappa shape index (κ2) is 11.1. The molecule has 2 aromatic carbocycles. The number of pyridine rings is 2. The van der Waals surface area contributed by atoms with E-state index in [-0.39, 0.29) is 6.42 Å². The molecule has 0 radical (unpaired) electrons. The predicted molar refractivity (Wildman–Crippen MR) is 145 cm³/mol. The molecule has 1 aliphatic heterocycles. The maximum atomic E-state index is 11.6. The van der Waals surface area contributed by atoms with Gasteiger partial charge in [0.05, 0.1) is 19.1 Å². The number of aliphatic carboxylic acids is 1. The lowest BCUT2D eigenvalue weighted by Gasteiger charge is -2.21. The normalized spacial score (nSPS) is 13.3. The Hall–Kier alpha value is -4.46. The van der Waals surface area contributed by atoms with E-state index in [9.17, 15) is 9.90 Å². The van der Waals surface area contributed by atoms with E-state index in [1.807, 2.05) is 36.4 Å². The fourth-order valence-corrected chi connectivity index (χ4v) is 4.60. The minimum atomic E-state index is -0.908. The van der Waals surface area contributed by atoms with Gasteiger partial charge in [-0.15, -0.1) is 0 Å². The molecule has 2 aromatic heterocycles. The zero-order valence-electron chi connectivity index (χ0n) is 20.4. The molecule has 0 aliphatic carbocycles. The number of benzene rings is 2. The first-order chi connectivity index (χ1) is 18.1. The minimum Gasteiger partial charge on any atom is -0.493 e. The largest absolute Gasteiger partial charge is 0.493 e. The summed E-state index contributed by atoms with van der Waals surface area (Å²) in [5, 5.41) is 26.1. The van der Waals surface area contributed by atoms with E-state index in [1.165, 1.54) is 11.8 Å². The standard InChI is InChI=1S/C29H29N5O3/c30-17-23-15-25(37-13-10-24-6-5-19-2-1-11-32-29(19)33-24)7-8-26(23)34-27(16-28(35)36)21-3-4-22-18-31-12-9-20(22)14-21/h3-9,12,14-15,17-18,27,30,34H,1-2,10-11,13,16H2,(H,32,33)(H,35,36). The van der Waals surface area contributed by atoms with E-state index in [1.54, 1.807) is 18.5 Å². The van der Waals surface area contributed by atoms with Gasteiger partial charge < -0.3 is 25.9 Å².